The Hall–Kier alpha value is -2.32. The number of ether oxygens (including phenoxy) is 1. The number of hydrogen-bond acceptors (Lipinski definition) is 2. The number of para-hydroxylation sites is 2. The van der Waals surface area contributed by atoms with Gasteiger partial charge in [0.05, 0.1) is 0 Å². The number of fused-ring (bicyclic) bond motifs is 2. The standard InChI is InChI=1S/C18H17NO/c1-2-11-19-13-15-12-14-7-3-5-9-17(14)20-18-10-6-4-8-16(15)18/h2-10,12,19H,1,11,13H2. The number of benzene rings is 2. The largest absolute Gasteiger partial charge is 0.456 e. The van der Waals surface area contributed by atoms with Crippen LogP contribution in [0.15, 0.2) is 61.2 Å². The average Bonchev–Trinajstić information content (AvgIpc) is 2.64. The van der Waals surface area contributed by atoms with Gasteiger partial charge in [0.2, 0.25) is 0 Å². The molecule has 0 atom stereocenters. The molecular weight excluding hydrogens is 246 g/mol. The molecule has 0 aromatic heterocycles. The molecule has 0 bridgehead atoms. The first-order valence-corrected chi connectivity index (χ1v) is 6.77. The van der Waals surface area contributed by atoms with Gasteiger partial charge in [-0.15, -0.1) is 6.58 Å². The van der Waals surface area contributed by atoms with Crippen LogP contribution in [0, 0.1) is 0 Å². The van der Waals surface area contributed by atoms with E-state index in [2.05, 4.69) is 30.1 Å². The Kier molecular flexibility index (Phi) is 3.66. The van der Waals surface area contributed by atoms with Crippen molar-refractivity contribution in [2.45, 2.75) is 0 Å². The average molecular weight is 263 g/mol. The van der Waals surface area contributed by atoms with E-state index in [1.807, 2.05) is 42.5 Å². The molecule has 20 heavy (non-hydrogen) atoms. The molecular formula is C18H17NO. The quantitative estimate of drug-likeness (QED) is 0.662. The Morgan fingerprint density at radius 3 is 2.60 bits per heavy atom. The van der Waals surface area contributed by atoms with Crippen LogP contribution in [0.4, 0.5) is 0 Å². The summed E-state index contributed by atoms with van der Waals surface area (Å²) < 4.78 is 6.04. The minimum Gasteiger partial charge on any atom is -0.456 e. The number of hydrogen-bond donors (Lipinski definition) is 1. The predicted molar refractivity (Wildman–Crippen MR) is 83.9 cm³/mol. The van der Waals surface area contributed by atoms with Crippen molar-refractivity contribution < 1.29 is 4.74 Å². The topological polar surface area (TPSA) is 21.3 Å². The normalized spacial score (nSPS) is 12.5. The van der Waals surface area contributed by atoms with Crippen LogP contribution in [-0.4, -0.2) is 13.1 Å². The smallest absolute Gasteiger partial charge is 0.135 e. The second-order valence-electron chi connectivity index (χ2n) is 4.73. The summed E-state index contributed by atoms with van der Waals surface area (Å²) in [6.45, 7) is 5.32. The van der Waals surface area contributed by atoms with Gasteiger partial charge in [-0.1, -0.05) is 42.5 Å². The summed E-state index contributed by atoms with van der Waals surface area (Å²) in [7, 11) is 0. The second kappa shape index (κ2) is 5.76. The summed E-state index contributed by atoms with van der Waals surface area (Å²) in [5.41, 5.74) is 3.48. The third-order valence-electron chi connectivity index (χ3n) is 3.31. The van der Waals surface area contributed by atoms with Gasteiger partial charge < -0.3 is 10.1 Å². The van der Waals surface area contributed by atoms with Crippen LogP contribution in [0.3, 0.4) is 0 Å². The van der Waals surface area contributed by atoms with Gasteiger partial charge in [-0.25, -0.2) is 0 Å². The summed E-state index contributed by atoms with van der Waals surface area (Å²) in [4.78, 5) is 0. The number of nitrogens with one attached hydrogen (secondary N) is 1. The minimum absolute atomic E-state index is 0.792. The van der Waals surface area contributed by atoms with E-state index in [1.54, 1.807) is 0 Å². The first-order valence-electron chi connectivity index (χ1n) is 6.77. The fourth-order valence-electron chi connectivity index (χ4n) is 2.35. The molecule has 2 nitrogen and oxygen atoms in total. The van der Waals surface area contributed by atoms with Crippen molar-refractivity contribution in [3.8, 4) is 11.5 Å². The lowest BCUT2D eigenvalue weighted by Gasteiger charge is -2.11. The Labute approximate surface area is 119 Å². The summed E-state index contributed by atoms with van der Waals surface area (Å²) in [5.74, 6) is 1.81. The maximum Gasteiger partial charge on any atom is 0.135 e. The summed E-state index contributed by atoms with van der Waals surface area (Å²) in [6.07, 6.45) is 4.06. The van der Waals surface area contributed by atoms with E-state index >= 15 is 0 Å². The van der Waals surface area contributed by atoms with E-state index in [9.17, 15) is 0 Å². The first kappa shape index (κ1) is 12.7. The van der Waals surface area contributed by atoms with E-state index < -0.39 is 0 Å². The lowest BCUT2D eigenvalue weighted by Crippen LogP contribution is -2.16. The van der Waals surface area contributed by atoms with Crippen molar-refractivity contribution in [2.75, 3.05) is 13.1 Å². The second-order valence-corrected chi connectivity index (χ2v) is 4.73. The molecule has 3 rings (SSSR count). The van der Waals surface area contributed by atoms with Crippen molar-refractivity contribution in [3.05, 3.63) is 72.3 Å². The van der Waals surface area contributed by atoms with Crippen molar-refractivity contribution in [1.29, 1.82) is 0 Å². The van der Waals surface area contributed by atoms with Crippen molar-refractivity contribution in [1.82, 2.24) is 5.32 Å². The van der Waals surface area contributed by atoms with Gasteiger partial charge in [-0.05, 0) is 23.8 Å². The van der Waals surface area contributed by atoms with Gasteiger partial charge in [0.1, 0.15) is 11.5 Å². The summed E-state index contributed by atoms with van der Waals surface area (Å²) in [6, 6.07) is 16.3. The van der Waals surface area contributed by atoms with Gasteiger partial charge in [-0.2, -0.15) is 0 Å². The van der Waals surface area contributed by atoms with E-state index in [4.69, 9.17) is 4.74 Å². The molecule has 0 saturated carbocycles. The molecule has 1 N–H and O–H groups in total. The molecule has 1 heterocycles. The van der Waals surface area contributed by atoms with Crippen molar-refractivity contribution >= 4 is 11.6 Å². The molecule has 2 aromatic carbocycles. The SMILES string of the molecule is C=CCNCC1=Cc2ccccc2Oc2ccccc21. The lowest BCUT2D eigenvalue weighted by atomic mass is 10.0. The minimum atomic E-state index is 0.792. The highest BCUT2D eigenvalue weighted by Crippen LogP contribution is 2.37. The van der Waals surface area contributed by atoms with Crippen LogP contribution in [0.1, 0.15) is 11.1 Å². The van der Waals surface area contributed by atoms with Crippen LogP contribution >= 0.6 is 0 Å². The fourth-order valence-corrected chi connectivity index (χ4v) is 2.35. The maximum atomic E-state index is 6.04. The zero-order valence-corrected chi connectivity index (χ0v) is 11.3. The monoisotopic (exact) mass is 263 g/mol. The third-order valence-corrected chi connectivity index (χ3v) is 3.31. The highest BCUT2D eigenvalue weighted by molar-refractivity contribution is 5.87. The molecule has 0 fully saturated rings. The molecule has 0 unspecified atom stereocenters. The van der Waals surface area contributed by atoms with Crippen LogP contribution in [0.25, 0.3) is 11.6 Å². The molecule has 100 valence electrons. The lowest BCUT2D eigenvalue weighted by molar-refractivity contribution is 0.481. The molecule has 1 aliphatic heterocycles. The van der Waals surface area contributed by atoms with E-state index in [-0.39, 0.29) is 0 Å². The zero-order chi connectivity index (χ0) is 13.8. The highest BCUT2D eigenvalue weighted by atomic mass is 16.5. The Morgan fingerprint density at radius 2 is 1.75 bits per heavy atom. The number of rotatable bonds is 4. The van der Waals surface area contributed by atoms with Crippen molar-refractivity contribution in [2.24, 2.45) is 0 Å². The molecule has 0 amide bonds. The van der Waals surface area contributed by atoms with Crippen LogP contribution < -0.4 is 10.1 Å². The van der Waals surface area contributed by atoms with Gasteiger partial charge in [0.15, 0.2) is 0 Å². The molecule has 2 aromatic rings. The fraction of sp³-hybridized carbons (Fsp3) is 0.111. The van der Waals surface area contributed by atoms with Gasteiger partial charge in [0.25, 0.3) is 0 Å². The van der Waals surface area contributed by atoms with E-state index in [0.29, 0.717) is 0 Å². The third kappa shape index (κ3) is 2.51. The molecule has 0 aliphatic carbocycles. The maximum absolute atomic E-state index is 6.04. The zero-order valence-electron chi connectivity index (χ0n) is 11.3. The Balaban J connectivity index is 2.04. The van der Waals surface area contributed by atoms with Crippen molar-refractivity contribution in [3.63, 3.8) is 0 Å². The molecule has 0 spiro atoms. The van der Waals surface area contributed by atoms with E-state index in [1.165, 1.54) is 5.57 Å². The Bertz CT molecular complexity index is 658. The van der Waals surface area contributed by atoms with Crippen LogP contribution in [-0.2, 0) is 0 Å². The molecule has 0 radical (unpaired) electrons. The van der Waals surface area contributed by atoms with Gasteiger partial charge in [0, 0.05) is 24.2 Å². The summed E-state index contributed by atoms with van der Waals surface area (Å²) >= 11 is 0. The van der Waals surface area contributed by atoms with Crippen LogP contribution in [0.2, 0.25) is 0 Å². The molecule has 1 aliphatic rings. The summed E-state index contributed by atoms with van der Waals surface area (Å²) in [5, 5.41) is 3.36. The molecule has 2 heteroatoms. The van der Waals surface area contributed by atoms with Gasteiger partial charge >= 0.3 is 0 Å². The van der Waals surface area contributed by atoms with Gasteiger partial charge in [-0.3, -0.25) is 0 Å². The highest BCUT2D eigenvalue weighted by Gasteiger charge is 2.15. The van der Waals surface area contributed by atoms with E-state index in [0.717, 1.165) is 35.7 Å². The molecule has 0 saturated heterocycles. The first-order chi connectivity index (χ1) is 9.88. The van der Waals surface area contributed by atoms with Crippen LogP contribution in [0.5, 0.6) is 11.5 Å². The Morgan fingerprint density at radius 1 is 1.00 bits per heavy atom. The predicted octanol–water partition coefficient (Wildman–Crippen LogP) is 4.11.